The second-order valence-corrected chi connectivity index (χ2v) is 7.30. The van der Waals surface area contributed by atoms with Crippen molar-refractivity contribution in [2.24, 2.45) is 22.7 Å². The fourth-order valence-electron chi connectivity index (χ4n) is 4.99. The SMILES string of the molecule is CC1(C)C[C@@H]2C[C@@]3(O)CCC(=O)[C@@]3(C)[C@@H]2C1. The lowest BCUT2D eigenvalue weighted by Crippen LogP contribution is -2.44. The zero-order valence-corrected chi connectivity index (χ0v) is 10.5. The lowest BCUT2D eigenvalue weighted by molar-refractivity contribution is -0.135. The highest BCUT2D eigenvalue weighted by atomic mass is 16.3. The molecule has 16 heavy (non-hydrogen) atoms. The molecule has 2 nitrogen and oxygen atoms in total. The summed E-state index contributed by atoms with van der Waals surface area (Å²) < 4.78 is 0. The van der Waals surface area contributed by atoms with Crippen molar-refractivity contribution in [2.75, 3.05) is 0 Å². The van der Waals surface area contributed by atoms with Crippen LogP contribution >= 0.6 is 0 Å². The number of aliphatic hydroxyl groups is 1. The molecule has 0 aliphatic heterocycles. The third-order valence-electron chi connectivity index (χ3n) is 5.81. The maximum absolute atomic E-state index is 12.2. The quantitative estimate of drug-likeness (QED) is 0.684. The average molecular weight is 222 g/mol. The summed E-state index contributed by atoms with van der Waals surface area (Å²) in [4.78, 5) is 12.2. The van der Waals surface area contributed by atoms with Crippen LogP contribution in [0.1, 0.15) is 52.9 Å². The van der Waals surface area contributed by atoms with Crippen molar-refractivity contribution in [3.63, 3.8) is 0 Å². The van der Waals surface area contributed by atoms with Crippen LogP contribution in [-0.2, 0) is 4.79 Å². The van der Waals surface area contributed by atoms with Gasteiger partial charge in [0.25, 0.3) is 0 Å². The van der Waals surface area contributed by atoms with E-state index in [9.17, 15) is 9.90 Å². The van der Waals surface area contributed by atoms with Gasteiger partial charge >= 0.3 is 0 Å². The van der Waals surface area contributed by atoms with Crippen LogP contribution in [0.25, 0.3) is 0 Å². The molecule has 0 saturated heterocycles. The van der Waals surface area contributed by atoms with Gasteiger partial charge in [0, 0.05) is 6.42 Å². The molecule has 0 aromatic carbocycles. The molecule has 3 saturated carbocycles. The summed E-state index contributed by atoms with van der Waals surface area (Å²) >= 11 is 0. The molecule has 2 heteroatoms. The average Bonchev–Trinajstić information content (AvgIpc) is 2.63. The Hall–Kier alpha value is -0.370. The first-order valence-electron chi connectivity index (χ1n) is 6.54. The predicted octanol–water partition coefficient (Wildman–Crippen LogP) is 2.54. The van der Waals surface area contributed by atoms with E-state index in [0.717, 1.165) is 12.8 Å². The van der Waals surface area contributed by atoms with Gasteiger partial charge < -0.3 is 5.11 Å². The first kappa shape index (κ1) is 10.8. The Morgan fingerprint density at radius 3 is 2.56 bits per heavy atom. The van der Waals surface area contributed by atoms with E-state index < -0.39 is 11.0 Å². The van der Waals surface area contributed by atoms with E-state index in [4.69, 9.17) is 0 Å². The topological polar surface area (TPSA) is 37.3 Å². The second kappa shape index (κ2) is 2.72. The van der Waals surface area contributed by atoms with E-state index in [1.54, 1.807) is 0 Å². The van der Waals surface area contributed by atoms with Crippen LogP contribution in [0.5, 0.6) is 0 Å². The van der Waals surface area contributed by atoms with Crippen molar-refractivity contribution in [3.8, 4) is 0 Å². The predicted molar refractivity (Wildman–Crippen MR) is 61.9 cm³/mol. The maximum atomic E-state index is 12.2. The molecule has 1 N–H and O–H groups in total. The standard InChI is InChI=1S/C14H22O2/c1-12(2)6-9-7-14(16)5-4-11(15)13(14,3)10(9)8-12/h9-10,16H,4-8H2,1-3H3/t9-,10-,13-,14+/m1/s1. The minimum Gasteiger partial charge on any atom is -0.389 e. The van der Waals surface area contributed by atoms with E-state index in [2.05, 4.69) is 13.8 Å². The summed E-state index contributed by atoms with van der Waals surface area (Å²) in [6.45, 7) is 6.63. The van der Waals surface area contributed by atoms with E-state index in [1.165, 1.54) is 6.42 Å². The van der Waals surface area contributed by atoms with E-state index in [1.807, 2.05) is 6.92 Å². The number of fused-ring (bicyclic) bond motifs is 3. The Bertz CT molecular complexity index is 360. The van der Waals surface area contributed by atoms with Crippen LogP contribution in [0.4, 0.5) is 0 Å². The van der Waals surface area contributed by atoms with Gasteiger partial charge in [-0.2, -0.15) is 0 Å². The number of hydrogen-bond acceptors (Lipinski definition) is 2. The lowest BCUT2D eigenvalue weighted by Gasteiger charge is -2.36. The summed E-state index contributed by atoms with van der Waals surface area (Å²) in [6, 6.07) is 0. The highest BCUT2D eigenvalue weighted by Crippen LogP contribution is 2.67. The van der Waals surface area contributed by atoms with Gasteiger partial charge in [-0.15, -0.1) is 0 Å². The molecular formula is C14H22O2. The molecule has 0 spiro atoms. The molecule has 0 amide bonds. The monoisotopic (exact) mass is 222 g/mol. The lowest BCUT2D eigenvalue weighted by atomic mass is 9.70. The summed E-state index contributed by atoms with van der Waals surface area (Å²) in [7, 11) is 0. The zero-order valence-electron chi connectivity index (χ0n) is 10.5. The zero-order chi connectivity index (χ0) is 11.8. The number of Topliss-reactive ketones (excluding diaryl/α,β-unsaturated/α-hetero) is 1. The summed E-state index contributed by atoms with van der Waals surface area (Å²) in [5, 5.41) is 10.7. The second-order valence-electron chi connectivity index (χ2n) is 7.30. The Balaban J connectivity index is 2.02. The Morgan fingerprint density at radius 2 is 1.88 bits per heavy atom. The van der Waals surface area contributed by atoms with Crippen LogP contribution in [-0.4, -0.2) is 16.5 Å². The number of rotatable bonds is 0. The fourth-order valence-corrected chi connectivity index (χ4v) is 4.99. The first-order valence-corrected chi connectivity index (χ1v) is 6.54. The molecule has 3 aliphatic rings. The van der Waals surface area contributed by atoms with Crippen LogP contribution in [0, 0.1) is 22.7 Å². The number of ketones is 1. The highest BCUT2D eigenvalue weighted by Gasteiger charge is 2.69. The minimum absolute atomic E-state index is 0.320. The minimum atomic E-state index is -0.671. The van der Waals surface area contributed by atoms with Gasteiger partial charge in [0.2, 0.25) is 0 Å². The normalized spacial score (nSPS) is 54.1. The third kappa shape index (κ3) is 1.04. The van der Waals surface area contributed by atoms with Crippen LogP contribution in [0.3, 0.4) is 0 Å². The number of carbonyl (C=O) groups is 1. The fraction of sp³-hybridized carbons (Fsp3) is 0.929. The molecule has 3 rings (SSSR count). The number of hydrogen-bond donors (Lipinski definition) is 1. The molecule has 4 atom stereocenters. The molecule has 90 valence electrons. The van der Waals surface area contributed by atoms with Crippen LogP contribution < -0.4 is 0 Å². The largest absolute Gasteiger partial charge is 0.389 e. The van der Waals surface area contributed by atoms with Crippen molar-refractivity contribution < 1.29 is 9.90 Å². The van der Waals surface area contributed by atoms with Crippen molar-refractivity contribution >= 4 is 5.78 Å². The summed E-state index contributed by atoms with van der Waals surface area (Å²) in [6.07, 6.45) is 4.46. The van der Waals surface area contributed by atoms with Crippen LogP contribution in [0.2, 0.25) is 0 Å². The van der Waals surface area contributed by atoms with Gasteiger partial charge in [-0.3, -0.25) is 4.79 Å². The van der Waals surface area contributed by atoms with E-state index in [0.29, 0.717) is 35.9 Å². The number of carbonyl (C=O) groups excluding carboxylic acids is 1. The molecule has 0 aromatic rings. The van der Waals surface area contributed by atoms with Gasteiger partial charge in [-0.05, 0) is 49.9 Å². The smallest absolute Gasteiger partial charge is 0.142 e. The van der Waals surface area contributed by atoms with Crippen LogP contribution in [0.15, 0.2) is 0 Å². The molecule has 0 aromatic heterocycles. The van der Waals surface area contributed by atoms with Crippen molar-refractivity contribution in [2.45, 2.75) is 58.5 Å². The molecule has 0 heterocycles. The van der Waals surface area contributed by atoms with Crippen molar-refractivity contribution in [3.05, 3.63) is 0 Å². The Kier molecular flexibility index (Phi) is 1.83. The third-order valence-corrected chi connectivity index (χ3v) is 5.81. The van der Waals surface area contributed by atoms with Gasteiger partial charge in [-0.1, -0.05) is 13.8 Å². The van der Waals surface area contributed by atoms with Gasteiger partial charge in [0.05, 0.1) is 11.0 Å². The molecule has 0 unspecified atom stereocenters. The summed E-state index contributed by atoms with van der Waals surface area (Å²) in [5.74, 6) is 1.33. The van der Waals surface area contributed by atoms with E-state index in [-0.39, 0.29) is 0 Å². The van der Waals surface area contributed by atoms with Gasteiger partial charge in [-0.25, -0.2) is 0 Å². The summed E-state index contributed by atoms with van der Waals surface area (Å²) in [5.41, 5.74) is -0.732. The maximum Gasteiger partial charge on any atom is 0.142 e. The Labute approximate surface area is 97.4 Å². The molecular weight excluding hydrogens is 200 g/mol. The highest BCUT2D eigenvalue weighted by molar-refractivity contribution is 5.89. The molecule has 3 fully saturated rings. The van der Waals surface area contributed by atoms with Crippen molar-refractivity contribution in [1.29, 1.82) is 0 Å². The van der Waals surface area contributed by atoms with Gasteiger partial charge in [0.1, 0.15) is 5.78 Å². The molecule has 0 bridgehead atoms. The van der Waals surface area contributed by atoms with Gasteiger partial charge in [0.15, 0.2) is 0 Å². The van der Waals surface area contributed by atoms with E-state index >= 15 is 0 Å². The molecule has 0 radical (unpaired) electrons. The molecule has 3 aliphatic carbocycles. The first-order chi connectivity index (χ1) is 7.29. The van der Waals surface area contributed by atoms with Crippen molar-refractivity contribution in [1.82, 2.24) is 0 Å². The Morgan fingerprint density at radius 1 is 1.19 bits per heavy atom.